The normalized spacial score (nSPS) is 23.5. The van der Waals surface area contributed by atoms with E-state index in [0.29, 0.717) is 5.92 Å². The van der Waals surface area contributed by atoms with Gasteiger partial charge in [-0.15, -0.1) is 11.3 Å². The van der Waals surface area contributed by atoms with E-state index in [0.717, 1.165) is 49.7 Å². The first-order valence-corrected chi connectivity index (χ1v) is 9.91. The second-order valence-corrected chi connectivity index (χ2v) is 8.17. The molecule has 6 nitrogen and oxygen atoms in total. The van der Waals surface area contributed by atoms with Gasteiger partial charge in [0.15, 0.2) is 11.1 Å². The molecule has 0 spiro atoms. The third-order valence-electron chi connectivity index (χ3n) is 4.80. The Morgan fingerprint density at radius 1 is 1.33 bits per heavy atom. The minimum absolute atomic E-state index is 0.666. The topological polar surface area (TPSA) is 61.0 Å². The van der Waals surface area contributed by atoms with Crippen molar-refractivity contribution in [2.75, 3.05) is 57.3 Å². The minimum atomic E-state index is 0.666. The van der Waals surface area contributed by atoms with Gasteiger partial charge in [-0.2, -0.15) is 0 Å². The summed E-state index contributed by atoms with van der Waals surface area (Å²) in [5.74, 6) is 2.13. The highest BCUT2D eigenvalue weighted by atomic mass is 32.1. The van der Waals surface area contributed by atoms with Crippen LogP contribution in [-0.2, 0) is 0 Å². The van der Waals surface area contributed by atoms with E-state index < -0.39 is 0 Å². The molecule has 0 aliphatic carbocycles. The number of likely N-dealkylation sites (tertiary alicyclic amines) is 1. The summed E-state index contributed by atoms with van der Waals surface area (Å²) < 4.78 is 0. The second-order valence-electron chi connectivity index (χ2n) is 7.30. The van der Waals surface area contributed by atoms with Crippen LogP contribution in [0.3, 0.4) is 0 Å². The summed E-state index contributed by atoms with van der Waals surface area (Å²) in [6.07, 6.45) is 3.12. The number of hydrogen-bond acceptors (Lipinski definition) is 5. The van der Waals surface area contributed by atoms with Crippen molar-refractivity contribution in [2.24, 2.45) is 22.6 Å². The van der Waals surface area contributed by atoms with Gasteiger partial charge in [0.2, 0.25) is 0 Å². The molecule has 3 rings (SSSR count). The number of guanidine groups is 1. The molecular formula is C17H30N6S. The van der Waals surface area contributed by atoms with Gasteiger partial charge in [-0.3, -0.25) is 4.99 Å². The number of anilines is 1. The van der Waals surface area contributed by atoms with Crippen molar-refractivity contribution < 1.29 is 0 Å². The molecule has 2 aliphatic rings. The second kappa shape index (κ2) is 8.16. The molecule has 7 heteroatoms. The molecule has 2 saturated heterocycles. The van der Waals surface area contributed by atoms with E-state index in [1.807, 2.05) is 11.6 Å². The predicted octanol–water partition coefficient (Wildman–Crippen LogP) is 1.56. The number of rotatable bonds is 5. The molecule has 0 amide bonds. The lowest BCUT2D eigenvalue weighted by atomic mass is 10.1. The largest absolute Gasteiger partial charge is 0.370 e. The lowest BCUT2D eigenvalue weighted by Crippen LogP contribution is -2.51. The quantitative estimate of drug-likeness (QED) is 0.645. The smallest absolute Gasteiger partial charge is 0.191 e. The maximum absolute atomic E-state index is 6.24. The number of aromatic nitrogens is 1. The van der Waals surface area contributed by atoms with Crippen LogP contribution in [0.5, 0.6) is 0 Å². The molecule has 2 aliphatic heterocycles. The lowest BCUT2D eigenvalue weighted by Gasteiger charge is -2.35. The summed E-state index contributed by atoms with van der Waals surface area (Å²) in [6, 6.07) is 0. The van der Waals surface area contributed by atoms with Crippen molar-refractivity contribution in [3.05, 3.63) is 11.6 Å². The molecule has 24 heavy (non-hydrogen) atoms. The third kappa shape index (κ3) is 4.60. The van der Waals surface area contributed by atoms with Crippen LogP contribution in [0.4, 0.5) is 5.13 Å². The maximum atomic E-state index is 6.24. The van der Waals surface area contributed by atoms with Crippen molar-refractivity contribution in [1.29, 1.82) is 0 Å². The van der Waals surface area contributed by atoms with E-state index in [2.05, 4.69) is 33.5 Å². The van der Waals surface area contributed by atoms with Crippen molar-refractivity contribution in [2.45, 2.75) is 20.3 Å². The molecule has 0 saturated carbocycles. The highest BCUT2D eigenvalue weighted by molar-refractivity contribution is 7.13. The summed E-state index contributed by atoms with van der Waals surface area (Å²) in [6.45, 7) is 12.8. The van der Waals surface area contributed by atoms with Gasteiger partial charge in [0.1, 0.15) is 0 Å². The molecule has 2 fully saturated rings. The van der Waals surface area contributed by atoms with Crippen LogP contribution in [0.25, 0.3) is 0 Å². The molecule has 1 aromatic heterocycles. The van der Waals surface area contributed by atoms with Gasteiger partial charge >= 0.3 is 0 Å². The number of nitrogens with zero attached hydrogens (tertiary/aromatic N) is 5. The van der Waals surface area contributed by atoms with Gasteiger partial charge in [0.05, 0.1) is 0 Å². The average Bonchev–Trinajstić information content (AvgIpc) is 3.24. The van der Waals surface area contributed by atoms with Gasteiger partial charge < -0.3 is 20.4 Å². The fourth-order valence-electron chi connectivity index (χ4n) is 3.57. The third-order valence-corrected chi connectivity index (χ3v) is 5.63. The molecule has 0 bridgehead atoms. The zero-order chi connectivity index (χ0) is 16.9. The Hall–Kier alpha value is -1.34. The van der Waals surface area contributed by atoms with Gasteiger partial charge in [-0.1, -0.05) is 13.8 Å². The van der Waals surface area contributed by atoms with E-state index in [4.69, 9.17) is 10.7 Å². The minimum Gasteiger partial charge on any atom is -0.370 e. The Morgan fingerprint density at radius 2 is 2.12 bits per heavy atom. The van der Waals surface area contributed by atoms with E-state index in [1.165, 1.54) is 26.1 Å². The average molecular weight is 351 g/mol. The number of piperazine rings is 1. The van der Waals surface area contributed by atoms with Crippen LogP contribution < -0.4 is 10.6 Å². The summed E-state index contributed by atoms with van der Waals surface area (Å²) in [5.41, 5.74) is 6.24. The van der Waals surface area contributed by atoms with Crippen molar-refractivity contribution in [1.82, 2.24) is 14.8 Å². The maximum Gasteiger partial charge on any atom is 0.191 e. The zero-order valence-electron chi connectivity index (χ0n) is 14.9. The fraction of sp³-hybridized carbons (Fsp3) is 0.765. The fourth-order valence-corrected chi connectivity index (χ4v) is 4.26. The molecular weight excluding hydrogens is 320 g/mol. The van der Waals surface area contributed by atoms with Crippen molar-refractivity contribution >= 4 is 22.4 Å². The Kier molecular flexibility index (Phi) is 5.94. The van der Waals surface area contributed by atoms with Gasteiger partial charge in [-0.05, 0) is 24.8 Å². The van der Waals surface area contributed by atoms with Crippen LogP contribution in [0.2, 0.25) is 0 Å². The highest BCUT2D eigenvalue weighted by Gasteiger charge is 2.23. The van der Waals surface area contributed by atoms with Gasteiger partial charge in [0, 0.05) is 57.4 Å². The highest BCUT2D eigenvalue weighted by Crippen LogP contribution is 2.19. The van der Waals surface area contributed by atoms with Gasteiger partial charge in [0.25, 0.3) is 0 Å². The molecule has 2 N–H and O–H groups in total. The summed E-state index contributed by atoms with van der Waals surface area (Å²) in [7, 11) is 0. The zero-order valence-corrected chi connectivity index (χ0v) is 15.7. The summed E-state index contributed by atoms with van der Waals surface area (Å²) in [4.78, 5) is 16.2. The first kappa shape index (κ1) is 17.5. The molecule has 1 atom stereocenters. The molecule has 0 aromatic carbocycles. The standard InChI is InChI=1S/C17H30N6S/c1-14(2)12-21-5-3-15(13-21)11-20-16(18)22-6-8-23(9-7-22)17-19-4-10-24-17/h4,10,14-15H,3,5-9,11-13H2,1-2H3,(H2,18,20). The number of nitrogens with two attached hydrogens (primary N) is 1. The Labute approximate surface area is 149 Å². The molecule has 1 aromatic rings. The molecule has 3 heterocycles. The first-order valence-electron chi connectivity index (χ1n) is 9.03. The molecule has 1 unspecified atom stereocenters. The summed E-state index contributed by atoms with van der Waals surface area (Å²) >= 11 is 1.70. The van der Waals surface area contributed by atoms with Crippen molar-refractivity contribution in [3.63, 3.8) is 0 Å². The van der Waals surface area contributed by atoms with Crippen molar-refractivity contribution in [3.8, 4) is 0 Å². The van der Waals surface area contributed by atoms with Crippen LogP contribution in [-0.4, -0.2) is 73.1 Å². The van der Waals surface area contributed by atoms with Crippen LogP contribution >= 0.6 is 11.3 Å². The lowest BCUT2D eigenvalue weighted by molar-refractivity contribution is 0.288. The predicted molar refractivity (Wildman–Crippen MR) is 102 cm³/mol. The van der Waals surface area contributed by atoms with Crippen LogP contribution in [0.15, 0.2) is 16.6 Å². The van der Waals surface area contributed by atoms with E-state index in [-0.39, 0.29) is 0 Å². The first-order chi connectivity index (χ1) is 11.6. The Morgan fingerprint density at radius 3 is 2.79 bits per heavy atom. The Bertz CT molecular complexity index is 521. The van der Waals surface area contributed by atoms with E-state index in [1.54, 1.807) is 11.3 Å². The molecule has 134 valence electrons. The number of hydrogen-bond donors (Lipinski definition) is 1. The summed E-state index contributed by atoms with van der Waals surface area (Å²) in [5, 5.41) is 3.14. The number of aliphatic imine (C=N–C) groups is 1. The SMILES string of the molecule is CC(C)CN1CCC(CN=C(N)N2CCN(c3nccs3)CC2)C1. The monoisotopic (exact) mass is 350 g/mol. The van der Waals surface area contributed by atoms with E-state index in [9.17, 15) is 0 Å². The Balaban J connectivity index is 1.42. The van der Waals surface area contributed by atoms with Crippen LogP contribution in [0.1, 0.15) is 20.3 Å². The number of thiazole rings is 1. The van der Waals surface area contributed by atoms with E-state index >= 15 is 0 Å². The molecule has 0 radical (unpaired) electrons. The van der Waals surface area contributed by atoms with Crippen LogP contribution in [0, 0.1) is 11.8 Å². The van der Waals surface area contributed by atoms with Gasteiger partial charge in [-0.25, -0.2) is 4.98 Å².